The van der Waals surface area contributed by atoms with Gasteiger partial charge in [-0.1, -0.05) is 152 Å². The molecule has 0 saturated heterocycles. The highest BCUT2D eigenvalue weighted by Gasteiger charge is 2.16. The first-order valence-electron chi connectivity index (χ1n) is 19.6. The molecule has 0 bridgehead atoms. The Balaban J connectivity index is 0.968. The fraction of sp³-hybridized carbons (Fsp3) is 0. The summed E-state index contributed by atoms with van der Waals surface area (Å²) in [4.78, 5) is 10.3. The molecule has 3 nitrogen and oxygen atoms in total. The van der Waals surface area contributed by atoms with Gasteiger partial charge < -0.3 is 4.57 Å². The number of pyridine rings is 1. The van der Waals surface area contributed by atoms with E-state index < -0.39 is 0 Å². The molecule has 12 aromatic rings. The molecule has 12 rings (SSSR count). The lowest BCUT2D eigenvalue weighted by Gasteiger charge is -2.15. The molecular weight excluding hydrogens is 723 g/mol. The molecule has 0 fully saturated rings. The molecule has 58 heavy (non-hydrogen) atoms. The molecule has 4 heteroatoms. The predicted octanol–water partition coefficient (Wildman–Crippen LogP) is 14.9. The highest BCUT2D eigenvalue weighted by molar-refractivity contribution is 7.21. The van der Waals surface area contributed by atoms with Crippen molar-refractivity contribution in [1.82, 2.24) is 14.5 Å². The molecule has 0 radical (unpaired) electrons. The summed E-state index contributed by atoms with van der Waals surface area (Å²) in [5, 5.41) is 9.55. The zero-order valence-electron chi connectivity index (χ0n) is 31.3. The second kappa shape index (κ2) is 13.1. The molecule has 270 valence electrons. The van der Waals surface area contributed by atoms with Crippen molar-refractivity contribution in [3.63, 3.8) is 0 Å². The number of hydrogen-bond acceptors (Lipinski definition) is 3. The van der Waals surface area contributed by atoms with Crippen LogP contribution in [-0.4, -0.2) is 14.5 Å². The summed E-state index contributed by atoms with van der Waals surface area (Å²) in [6, 6.07) is 72.2. The third-order valence-corrected chi connectivity index (χ3v) is 12.7. The molecule has 0 aliphatic heterocycles. The molecule has 0 aliphatic rings. The Morgan fingerprint density at radius 3 is 1.78 bits per heavy atom. The van der Waals surface area contributed by atoms with Gasteiger partial charge >= 0.3 is 0 Å². The second-order valence-electron chi connectivity index (χ2n) is 15.0. The van der Waals surface area contributed by atoms with Gasteiger partial charge in [0.1, 0.15) is 5.01 Å². The van der Waals surface area contributed by atoms with E-state index in [9.17, 15) is 0 Å². The number of benzene rings is 9. The fourth-order valence-electron chi connectivity index (χ4n) is 8.83. The van der Waals surface area contributed by atoms with E-state index in [-0.39, 0.29) is 0 Å². The smallest absolute Gasteiger partial charge is 0.124 e. The number of nitrogens with zero attached hydrogens (tertiary/aromatic N) is 3. The van der Waals surface area contributed by atoms with E-state index in [1.54, 1.807) is 11.3 Å². The van der Waals surface area contributed by atoms with Crippen LogP contribution in [0.1, 0.15) is 0 Å². The largest absolute Gasteiger partial charge is 0.309 e. The van der Waals surface area contributed by atoms with E-state index >= 15 is 0 Å². The predicted molar refractivity (Wildman–Crippen MR) is 246 cm³/mol. The second-order valence-corrected chi connectivity index (χ2v) is 16.0. The Bertz CT molecular complexity index is 3510. The maximum Gasteiger partial charge on any atom is 0.124 e. The molecule has 0 aliphatic carbocycles. The number of thiazole rings is 1. The van der Waals surface area contributed by atoms with Gasteiger partial charge in [-0.25, -0.2) is 9.97 Å². The van der Waals surface area contributed by atoms with Crippen LogP contribution in [0.25, 0.3) is 114 Å². The Kier molecular flexibility index (Phi) is 7.40. The van der Waals surface area contributed by atoms with E-state index in [1.807, 2.05) is 6.07 Å². The highest BCUT2D eigenvalue weighted by atomic mass is 32.1. The standard InChI is InChI=1S/C54H33N3S/c1-2-12-37(13-3-1)54-56-48-30-27-40(33-51(48)58-54)34-21-23-36(24-22-34)53-45-28-25-35-11-4-5-16-42(35)52(45)46-32-39(26-29-47(46)55-53)38-14-10-15-41(31-38)57-49-19-8-6-17-43(49)44-18-7-9-20-50(44)57/h1-33H. The van der Waals surface area contributed by atoms with E-state index in [0.29, 0.717) is 0 Å². The average molecular weight is 756 g/mol. The van der Waals surface area contributed by atoms with Gasteiger partial charge in [-0.05, 0) is 81.6 Å². The van der Waals surface area contributed by atoms with Crippen LogP contribution in [-0.2, 0) is 0 Å². The van der Waals surface area contributed by atoms with Crippen molar-refractivity contribution in [2.24, 2.45) is 0 Å². The summed E-state index contributed by atoms with van der Waals surface area (Å²) in [5.74, 6) is 0. The van der Waals surface area contributed by atoms with Crippen molar-refractivity contribution >= 4 is 75.8 Å². The third kappa shape index (κ3) is 5.27. The quantitative estimate of drug-likeness (QED) is 0.164. The van der Waals surface area contributed by atoms with Crippen LogP contribution in [0.15, 0.2) is 200 Å². The summed E-state index contributed by atoms with van der Waals surface area (Å²) in [6.45, 7) is 0. The van der Waals surface area contributed by atoms with Gasteiger partial charge in [0.25, 0.3) is 0 Å². The van der Waals surface area contributed by atoms with Gasteiger partial charge in [0.05, 0.1) is 32.5 Å². The number of hydrogen-bond donors (Lipinski definition) is 0. The lowest BCUT2D eigenvalue weighted by atomic mass is 9.93. The summed E-state index contributed by atoms with van der Waals surface area (Å²) in [7, 11) is 0. The van der Waals surface area contributed by atoms with Crippen LogP contribution in [0.4, 0.5) is 0 Å². The van der Waals surface area contributed by atoms with Crippen molar-refractivity contribution in [3.05, 3.63) is 200 Å². The number of rotatable bonds is 5. The highest BCUT2D eigenvalue weighted by Crippen LogP contribution is 2.40. The van der Waals surface area contributed by atoms with E-state index in [2.05, 4.69) is 199 Å². The minimum atomic E-state index is 0.982. The normalized spacial score (nSPS) is 11.8. The number of fused-ring (bicyclic) bond motifs is 9. The van der Waals surface area contributed by atoms with Gasteiger partial charge in [-0.15, -0.1) is 11.3 Å². The van der Waals surface area contributed by atoms with Crippen LogP contribution in [0.2, 0.25) is 0 Å². The lowest BCUT2D eigenvalue weighted by Crippen LogP contribution is -1.94. The average Bonchev–Trinajstić information content (AvgIpc) is 3.88. The van der Waals surface area contributed by atoms with Crippen molar-refractivity contribution in [2.45, 2.75) is 0 Å². The van der Waals surface area contributed by atoms with Crippen LogP contribution in [0, 0.1) is 0 Å². The molecule has 3 heterocycles. The third-order valence-electron chi connectivity index (χ3n) is 11.6. The molecule has 9 aromatic carbocycles. The van der Waals surface area contributed by atoms with Gasteiger partial charge in [-0.3, -0.25) is 0 Å². The first-order chi connectivity index (χ1) is 28.7. The minimum Gasteiger partial charge on any atom is -0.309 e. The van der Waals surface area contributed by atoms with Crippen LogP contribution >= 0.6 is 11.3 Å². The number of para-hydroxylation sites is 2. The van der Waals surface area contributed by atoms with E-state index in [4.69, 9.17) is 9.97 Å². The molecule has 0 amide bonds. The summed E-state index contributed by atoms with van der Waals surface area (Å²) in [5.41, 5.74) is 13.5. The lowest BCUT2D eigenvalue weighted by molar-refractivity contribution is 1.18. The SMILES string of the molecule is c1ccc(-c2nc3ccc(-c4ccc(-c5nc6ccc(-c7cccc(-n8c9ccccc9c9ccccc98)c7)cc6c6c5ccc5ccccc56)cc4)cc3s2)cc1. The molecule has 0 spiro atoms. The van der Waals surface area contributed by atoms with E-state index in [1.165, 1.54) is 59.4 Å². The van der Waals surface area contributed by atoms with Crippen molar-refractivity contribution in [3.8, 4) is 49.8 Å². The maximum atomic E-state index is 5.41. The first kappa shape index (κ1) is 32.8. The van der Waals surface area contributed by atoms with Crippen molar-refractivity contribution < 1.29 is 0 Å². The van der Waals surface area contributed by atoms with Crippen LogP contribution in [0.3, 0.4) is 0 Å². The van der Waals surface area contributed by atoms with Crippen LogP contribution in [0.5, 0.6) is 0 Å². The van der Waals surface area contributed by atoms with Crippen molar-refractivity contribution in [1.29, 1.82) is 0 Å². The zero-order chi connectivity index (χ0) is 38.2. The molecular formula is C54H33N3S. The Morgan fingerprint density at radius 2 is 0.983 bits per heavy atom. The number of aromatic nitrogens is 3. The molecule has 3 aromatic heterocycles. The van der Waals surface area contributed by atoms with Gasteiger partial charge in [0.15, 0.2) is 0 Å². The van der Waals surface area contributed by atoms with Crippen molar-refractivity contribution in [2.75, 3.05) is 0 Å². The molecule has 0 atom stereocenters. The summed E-state index contributed by atoms with van der Waals surface area (Å²) in [6.07, 6.45) is 0. The monoisotopic (exact) mass is 755 g/mol. The maximum absolute atomic E-state index is 5.41. The summed E-state index contributed by atoms with van der Waals surface area (Å²) < 4.78 is 3.57. The van der Waals surface area contributed by atoms with E-state index in [0.717, 1.165) is 54.9 Å². The Labute approximate surface area is 338 Å². The zero-order valence-corrected chi connectivity index (χ0v) is 32.1. The molecule has 0 N–H and O–H groups in total. The Morgan fingerprint density at radius 1 is 0.362 bits per heavy atom. The van der Waals surface area contributed by atoms with Gasteiger partial charge in [-0.2, -0.15) is 0 Å². The van der Waals surface area contributed by atoms with Gasteiger partial charge in [0.2, 0.25) is 0 Å². The topological polar surface area (TPSA) is 30.7 Å². The Hall–Kier alpha value is -7.40. The van der Waals surface area contributed by atoms with Gasteiger partial charge in [0, 0.05) is 43.7 Å². The van der Waals surface area contributed by atoms with Crippen LogP contribution < -0.4 is 0 Å². The summed E-state index contributed by atoms with van der Waals surface area (Å²) >= 11 is 1.74. The first-order valence-corrected chi connectivity index (χ1v) is 20.5. The molecule has 0 saturated carbocycles. The molecule has 0 unspecified atom stereocenters. The fourth-order valence-corrected chi connectivity index (χ4v) is 9.84. The minimum absolute atomic E-state index is 0.982.